The fourth-order valence-corrected chi connectivity index (χ4v) is 2.49. The normalized spacial score (nSPS) is 10.4. The number of nitrogens with zero attached hydrogens (tertiary/aromatic N) is 2. The minimum absolute atomic E-state index is 0.126. The molecule has 0 aliphatic heterocycles. The molecule has 0 saturated heterocycles. The van der Waals surface area contributed by atoms with Crippen molar-refractivity contribution < 1.29 is 19.4 Å². The summed E-state index contributed by atoms with van der Waals surface area (Å²) in [5.74, 6) is 0.0386. The monoisotopic (exact) mass is 338 g/mol. The van der Waals surface area contributed by atoms with Crippen LogP contribution in [0, 0.1) is 4.91 Å². The van der Waals surface area contributed by atoms with E-state index in [0.29, 0.717) is 28.0 Å². The molecule has 0 bridgehead atoms. The topological polar surface area (TPSA) is 98.1 Å². The van der Waals surface area contributed by atoms with Crippen molar-refractivity contribution in [3.8, 4) is 17.2 Å². The number of methoxy groups -OCH3 is 1. The molecule has 0 amide bonds. The van der Waals surface area contributed by atoms with Crippen LogP contribution in [-0.2, 0) is 11.2 Å². The average molecular weight is 338 g/mol. The summed E-state index contributed by atoms with van der Waals surface area (Å²) in [4.78, 5) is 26.3. The molecule has 3 rings (SSSR count). The van der Waals surface area contributed by atoms with Crippen LogP contribution in [-0.4, -0.2) is 23.2 Å². The molecule has 0 aliphatic carbocycles. The van der Waals surface area contributed by atoms with E-state index in [1.807, 2.05) is 0 Å². The standard InChI is InChI=1S/C18H14N2O5/c1-24-16-9-11(10-17(21)22)4-6-14(16)25-15-7-5-13-12(18(15)20-23)3-2-8-19-13/h2-9H,10H2,1H3,(H,21,22). The maximum Gasteiger partial charge on any atom is 0.307 e. The number of carboxylic acids is 1. The molecule has 25 heavy (non-hydrogen) atoms. The first kappa shape index (κ1) is 16.4. The predicted octanol–water partition coefficient (Wildman–Crippen LogP) is 4.06. The molecule has 7 heteroatoms. The quantitative estimate of drug-likeness (QED) is 0.681. The van der Waals surface area contributed by atoms with E-state index >= 15 is 0 Å². The van der Waals surface area contributed by atoms with Gasteiger partial charge in [0.2, 0.25) is 0 Å². The van der Waals surface area contributed by atoms with Crippen molar-refractivity contribution in [1.82, 2.24) is 4.98 Å². The molecule has 3 aromatic rings. The number of fused-ring (bicyclic) bond motifs is 1. The van der Waals surface area contributed by atoms with E-state index in [1.165, 1.54) is 7.11 Å². The fourth-order valence-electron chi connectivity index (χ4n) is 2.49. The molecule has 126 valence electrons. The summed E-state index contributed by atoms with van der Waals surface area (Å²) in [5.41, 5.74) is 1.35. The van der Waals surface area contributed by atoms with Gasteiger partial charge in [-0.1, -0.05) is 6.07 Å². The lowest BCUT2D eigenvalue weighted by Crippen LogP contribution is -2.00. The van der Waals surface area contributed by atoms with Crippen molar-refractivity contribution in [3.05, 3.63) is 59.1 Å². The van der Waals surface area contributed by atoms with Crippen LogP contribution < -0.4 is 9.47 Å². The smallest absolute Gasteiger partial charge is 0.307 e. The number of rotatable bonds is 6. The van der Waals surface area contributed by atoms with Gasteiger partial charge in [0, 0.05) is 11.6 Å². The number of ether oxygens (including phenoxy) is 2. The highest BCUT2D eigenvalue weighted by molar-refractivity contribution is 5.93. The molecule has 2 aromatic carbocycles. The van der Waals surface area contributed by atoms with Crippen LogP contribution >= 0.6 is 0 Å². The van der Waals surface area contributed by atoms with Gasteiger partial charge in [0.15, 0.2) is 22.9 Å². The highest BCUT2D eigenvalue weighted by Gasteiger charge is 2.14. The highest BCUT2D eigenvalue weighted by Crippen LogP contribution is 2.40. The van der Waals surface area contributed by atoms with Crippen LogP contribution in [0.2, 0.25) is 0 Å². The zero-order valence-electron chi connectivity index (χ0n) is 13.3. The molecule has 0 aliphatic rings. The molecule has 1 N–H and O–H groups in total. The van der Waals surface area contributed by atoms with Gasteiger partial charge in [-0.05, 0) is 47.1 Å². The van der Waals surface area contributed by atoms with Gasteiger partial charge in [-0.2, -0.15) is 0 Å². The number of hydrogen-bond donors (Lipinski definition) is 1. The Balaban J connectivity index is 2.01. The van der Waals surface area contributed by atoms with Crippen LogP contribution in [0.5, 0.6) is 17.2 Å². The Morgan fingerprint density at radius 3 is 2.68 bits per heavy atom. The van der Waals surface area contributed by atoms with Gasteiger partial charge < -0.3 is 14.6 Å². The van der Waals surface area contributed by atoms with Crippen LogP contribution in [0.25, 0.3) is 10.9 Å². The number of aromatic nitrogens is 1. The van der Waals surface area contributed by atoms with Crippen LogP contribution in [0.4, 0.5) is 5.69 Å². The Labute approximate surface area is 142 Å². The molecule has 0 radical (unpaired) electrons. The first-order chi connectivity index (χ1) is 12.1. The summed E-state index contributed by atoms with van der Waals surface area (Å²) in [6.45, 7) is 0. The van der Waals surface area contributed by atoms with Gasteiger partial charge in [0.25, 0.3) is 0 Å². The maximum absolute atomic E-state index is 11.3. The first-order valence-electron chi connectivity index (χ1n) is 7.40. The van der Waals surface area contributed by atoms with Gasteiger partial charge in [-0.3, -0.25) is 9.78 Å². The zero-order valence-corrected chi connectivity index (χ0v) is 13.3. The minimum atomic E-state index is -0.940. The van der Waals surface area contributed by atoms with E-state index in [4.69, 9.17) is 14.6 Å². The SMILES string of the molecule is COc1cc(CC(=O)O)ccc1Oc1ccc2ncccc2c1N=O. The van der Waals surface area contributed by atoms with E-state index < -0.39 is 5.97 Å². The number of nitroso groups, excluding NO2 is 1. The van der Waals surface area contributed by atoms with E-state index in [1.54, 1.807) is 48.7 Å². The van der Waals surface area contributed by atoms with Gasteiger partial charge in [0.05, 0.1) is 19.0 Å². The third-order valence-electron chi connectivity index (χ3n) is 3.61. The van der Waals surface area contributed by atoms with E-state index in [2.05, 4.69) is 10.2 Å². The third-order valence-corrected chi connectivity index (χ3v) is 3.61. The molecule has 1 heterocycles. The average Bonchev–Trinajstić information content (AvgIpc) is 2.62. The van der Waals surface area contributed by atoms with Crippen LogP contribution in [0.3, 0.4) is 0 Å². The largest absolute Gasteiger partial charge is 0.493 e. The van der Waals surface area contributed by atoms with Crippen molar-refractivity contribution in [2.24, 2.45) is 5.18 Å². The van der Waals surface area contributed by atoms with Gasteiger partial charge in [0.1, 0.15) is 0 Å². The van der Waals surface area contributed by atoms with Crippen molar-refractivity contribution in [1.29, 1.82) is 0 Å². The lowest BCUT2D eigenvalue weighted by Gasteiger charge is -2.13. The summed E-state index contributed by atoms with van der Waals surface area (Å²) in [7, 11) is 1.45. The summed E-state index contributed by atoms with van der Waals surface area (Å²) < 4.78 is 11.1. The minimum Gasteiger partial charge on any atom is -0.493 e. The third kappa shape index (κ3) is 3.40. The predicted molar refractivity (Wildman–Crippen MR) is 91.6 cm³/mol. The number of pyridine rings is 1. The van der Waals surface area contributed by atoms with E-state index in [0.717, 1.165) is 0 Å². The van der Waals surface area contributed by atoms with E-state index in [-0.39, 0.29) is 17.9 Å². The lowest BCUT2D eigenvalue weighted by atomic mass is 10.1. The first-order valence-corrected chi connectivity index (χ1v) is 7.40. The molecule has 0 spiro atoms. The van der Waals surface area contributed by atoms with Crippen molar-refractivity contribution >= 4 is 22.6 Å². The van der Waals surface area contributed by atoms with Gasteiger partial charge in [-0.15, -0.1) is 4.91 Å². The Kier molecular flexibility index (Phi) is 4.56. The second-order valence-electron chi connectivity index (χ2n) is 5.23. The Morgan fingerprint density at radius 1 is 1.16 bits per heavy atom. The lowest BCUT2D eigenvalue weighted by molar-refractivity contribution is -0.136. The second kappa shape index (κ2) is 6.96. The Hall–Kier alpha value is -3.48. The molecule has 1 aromatic heterocycles. The number of aliphatic carboxylic acids is 1. The van der Waals surface area contributed by atoms with Crippen molar-refractivity contribution in [2.45, 2.75) is 6.42 Å². The van der Waals surface area contributed by atoms with E-state index in [9.17, 15) is 9.70 Å². The number of hydrogen-bond acceptors (Lipinski definition) is 6. The Bertz CT molecular complexity index is 955. The zero-order chi connectivity index (χ0) is 17.8. The molecule has 0 unspecified atom stereocenters. The maximum atomic E-state index is 11.3. The molecule has 0 saturated carbocycles. The summed E-state index contributed by atoms with van der Waals surface area (Å²) in [5, 5.41) is 12.5. The Morgan fingerprint density at radius 2 is 1.96 bits per heavy atom. The van der Waals surface area contributed by atoms with Crippen molar-refractivity contribution in [3.63, 3.8) is 0 Å². The van der Waals surface area contributed by atoms with Gasteiger partial charge in [-0.25, -0.2) is 0 Å². The molecule has 7 nitrogen and oxygen atoms in total. The summed E-state index contributed by atoms with van der Waals surface area (Å²) >= 11 is 0. The van der Waals surface area contributed by atoms with Gasteiger partial charge >= 0.3 is 5.97 Å². The summed E-state index contributed by atoms with van der Waals surface area (Å²) in [6.07, 6.45) is 1.50. The van der Waals surface area contributed by atoms with Crippen LogP contribution in [0.15, 0.2) is 53.8 Å². The molecular weight excluding hydrogens is 324 g/mol. The summed E-state index contributed by atoms with van der Waals surface area (Å²) in [6, 6.07) is 11.6. The molecular formula is C18H14N2O5. The highest BCUT2D eigenvalue weighted by atomic mass is 16.5. The molecule has 0 fully saturated rings. The molecule has 0 atom stereocenters. The number of carboxylic acid groups (broad SMARTS) is 1. The second-order valence-corrected chi connectivity index (χ2v) is 5.23. The number of carbonyl (C=O) groups is 1. The number of benzene rings is 2. The fraction of sp³-hybridized carbons (Fsp3) is 0.111. The van der Waals surface area contributed by atoms with Crippen molar-refractivity contribution in [2.75, 3.05) is 7.11 Å². The van der Waals surface area contributed by atoms with Crippen LogP contribution in [0.1, 0.15) is 5.56 Å².